The number of alkyl halides is 1. The molecule has 10 heteroatoms. The molecule has 1 aromatic carbocycles. The van der Waals surface area contributed by atoms with E-state index in [1.165, 1.54) is 7.11 Å². The summed E-state index contributed by atoms with van der Waals surface area (Å²) < 4.78 is 40.5. The van der Waals surface area contributed by atoms with Crippen LogP contribution in [0.2, 0.25) is 5.02 Å². The van der Waals surface area contributed by atoms with Crippen molar-refractivity contribution in [3.05, 3.63) is 80.9 Å². The van der Waals surface area contributed by atoms with Crippen molar-refractivity contribution < 1.29 is 18.3 Å². The summed E-state index contributed by atoms with van der Waals surface area (Å²) >= 11 is 5.91. The third-order valence-electron chi connectivity index (χ3n) is 4.44. The number of hydrogen-bond acceptors (Lipinski definition) is 6. The molecule has 0 radical (unpaired) electrons. The summed E-state index contributed by atoms with van der Waals surface area (Å²) in [5, 5.41) is 9.07. The highest BCUT2D eigenvalue weighted by molar-refractivity contribution is 6.30. The second kappa shape index (κ2) is 9.58. The van der Waals surface area contributed by atoms with Gasteiger partial charge in [0, 0.05) is 16.7 Å². The van der Waals surface area contributed by atoms with E-state index in [1.807, 2.05) is 0 Å². The molecule has 2 heterocycles. The van der Waals surface area contributed by atoms with Crippen LogP contribution in [0.1, 0.15) is 35.6 Å². The molecule has 0 aliphatic carbocycles. The Morgan fingerprint density at radius 1 is 1.41 bits per heavy atom. The Labute approximate surface area is 187 Å². The number of benzene rings is 1. The van der Waals surface area contributed by atoms with Gasteiger partial charge in [-0.3, -0.25) is 9.36 Å². The molecule has 0 N–H and O–H groups in total. The topological polar surface area (TPSA) is 90.0 Å². The maximum absolute atomic E-state index is 14.6. The van der Waals surface area contributed by atoms with Gasteiger partial charge in [0.05, 0.1) is 31.2 Å². The number of pyridine rings is 1. The van der Waals surface area contributed by atoms with Gasteiger partial charge < -0.3 is 9.47 Å². The van der Waals surface area contributed by atoms with Crippen LogP contribution in [0.4, 0.5) is 8.78 Å². The van der Waals surface area contributed by atoms with Crippen molar-refractivity contribution in [2.75, 3.05) is 7.11 Å². The zero-order chi connectivity index (χ0) is 23.4. The van der Waals surface area contributed by atoms with Gasteiger partial charge in [0.15, 0.2) is 11.6 Å². The van der Waals surface area contributed by atoms with Crippen molar-refractivity contribution in [2.45, 2.75) is 19.6 Å². The van der Waals surface area contributed by atoms with Gasteiger partial charge in [0.1, 0.15) is 17.9 Å². The van der Waals surface area contributed by atoms with Gasteiger partial charge >= 0.3 is 0 Å². The monoisotopic (exact) mass is 458 g/mol. The van der Waals surface area contributed by atoms with Crippen LogP contribution in [0.25, 0.3) is 6.08 Å². The molecule has 0 spiro atoms. The summed E-state index contributed by atoms with van der Waals surface area (Å²) in [5.41, 5.74) is -0.366. The van der Waals surface area contributed by atoms with Crippen molar-refractivity contribution in [2.24, 2.45) is 0 Å². The van der Waals surface area contributed by atoms with E-state index in [0.717, 1.165) is 30.0 Å². The Kier molecular flexibility index (Phi) is 6.85. The van der Waals surface area contributed by atoms with E-state index in [-0.39, 0.29) is 28.7 Å². The average molecular weight is 459 g/mol. The smallest absolute Gasteiger partial charge is 0.297 e. The Morgan fingerprint density at radius 3 is 2.78 bits per heavy atom. The molecule has 7 nitrogen and oxygen atoms in total. The van der Waals surface area contributed by atoms with Gasteiger partial charge in [-0.05, 0) is 31.2 Å². The van der Waals surface area contributed by atoms with Crippen LogP contribution in [0.15, 0.2) is 42.0 Å². The second-order valence-electron chi connectivity index (χ2n) is 6.60. The molecule has 164 valence electrons. The highest BCUT2D eigenvalue weighted by Crippen LogP contribution is 2.32. The lowest BCUT2D eigenvalue weighted by Crippen LogP contribution is -2.24. The fraction of sp³-hybridized carbons (Fsp3) is 0.182. The summed E-state index contributed by atoms with van der Waals surface area (Å²) in [5.74, 6) is -1.79. The van der Waals surface area contributed by atoms with E-state index in [9.17, 15) is 13.6 Å². The lowest BCUT2D eigenvalue weighted by molar-refractivity contribution is 0.340. The summed E-state index contributed by atoms with van der Waals surface area (Å²) in [4.78, 5) is 21.3. The maximum Gasteiger partial charge on any atom is 0.297 e. The second-order valence-corrected chi connectivity index (χ2v) is 7.03. The van der Waals surface area contributed by atoms with Crippen molar-refractivity contribution in [1.82, 2.24) is 14.5 Å². The van der Waals surface area contributed by atoms with Crippen LogP contribution < -0.4 is 15.0 Å². The van der Waals surface area contributed by atoms with Gasteiger partial charge in [0.25, 0.3) is 5.56 Å². The third kappa shape index (κ3) is 4.60. The molecule has 0 amide bonds. The van der Waals surface area contributed by atoms with E-state index >= 15 is 0 Å². The lowest BCUT2D eigenvalue weighted by atomic mass is 10.2. The molecule has 0 fully saturated rings. The van der Waals surface area contributed by atoms with Crippen molar-refractivity contribution in [3.63, 3.8) is 0 Å². The molecular formula is C22H17ClF2N4O3. The summed E-state index contributed by atoms with van der Waals surface area (Å²) in [7, 11) is 1.43. The molecule has 2 aromatic heterocycles. The quantitative estimate of drug-likeness (QED) is 0.504. The SMILES string of the molecule is C=Cc1ccc(Cn2cnc(C(C)F)c(Oc3cc(Cl)cc(C#N)c3F)c2=O)c(OC)n1. The number of nitriles is 1. The van der Waals surface area contributed by atoms with Crippen molar-refractivity contribution >= 4 is 17.7 Å². The molecule has 3 rings (SSSR count). The Morgan fingerprint density at radius 2 is 2.16 bits per heavy atom. The zero-order valence-corrected chi connectivity index (χ0v) is 17.9. The Hall–Kier alpha value is -3.77. The largest absolute Gasteiger partial charge is 0.481 e. The first kappa shape index (κ1) is 22.9. The first-order chi connectivity index (χ1) is 15.3. The fourth-order valence-corrected chi connectivity index (χ4v) is 3.09. The molecule has 1 atom stereocenters. The first-order valence-corrected chi connectivity index (χ1v) is 9.63. The molecule has 3 aromatic rings. The minimum Gasteiger partial charge on any atom is -0.481 e. The van der Waals surface area contributed by atoms with Crippen LogP contribution in [-0.2, 0) is 6.54 Å². The van der Waals surface area contributed by atoms with Gasteiger partial charge in [-0.2, -0.15) is 5.26 Å². The van der Waals surface area contributed by atoms with Gasteiger partial charge in [-0.15, -0.1) is 0 Å². The molecule has 1 unspecified atom stereocenters. The molecule has 0 saturated heterocycles. The molecule has 0 aliphatic heterocycles. The number of nitrogens with zero attached hydrogens (tertiary/aromatic N) is 4. The van der Waals surface area contributed by atoms with Gasteiger partial charge in [0.2, 0.25) is 11.6 Å². The number of aromatic nitrogens is 3. The lowest BCUT2D eigenvalue weighted by Gasteiger charge is -2.15. The van der Waals surface area contributed by atoms with E-state index < -0.39 is 29.0 Å². The van der Waals surface area contributed by atoms with Crippen LogP contribution in [0.3, 0.4) is 0 Å². The molecular weight excluding hydrogens is 442 g/mol. The summed E-state index contributed by atoms with van der Waals surface area (Å²) in [6, 6.07) is 7.21. The number of halogens is 3. The Bertz CT molecular complexity index is 1290. The first-order valence-electron chi connectivity index (χ1n) is 9.25. The van der Waals surface area contributed by atoms with Crippen LogP contribution in [0.5, 0.6) is 17.4 Å². The predicted octanol–water partition coefficient (Wildman–Crippen LogP) is 4.83. The normalized spacial score (nSPS) is 11.5. The summed E-state index contributed by atoms with van der Waals surface area (Å²) in [6.45, 7) is 4.77. The van der Waals surface area contributed by atoms with E-state index in [0.29, 0.717) is 11.3 Å². The number of rotatable bonds is 7. The third-order valence-corrected chi connectivity index (χ3v) is 4.66. The molecule has 0 aliphatic rings. The van der Waals surface area contributed by atoms with Crippen molar-refractivity contribution in [3.8, 4) is 23.4 Å². The van der Waals surface area contributed by atoms with E-state index in [4.69, 9.17) is 26.3 Å². The van der Waals surface area contributed by atoms with Crippen LogP contribution in [0, 0.1) is 17.1 Å². The van der Waals surface area contributed by atoms with Gasteiger partial charge in [-0.25, -0.2) is 18.7 Å². The van der Waals surface area contributed by atoms with Crippen LogP contribution >= 0.6 is 11.6 Å². The van der Waals surface area contributed by atoms with Gasteiger partial charge in [-0.1, -0.05) is 18.2 Å². The predicted molar refractivity (Wildman–Crippen MR) is 114 cm³/mol. The summed E-state index contributed by atoms with van der Waals surface area (Å²) in [6.07, 6.45) is 1.00. The zero-order valence-electron chi connectivity index (χ0n) is 17.1. The fourth-order valence-electron chi connectivity index (χ4n) is 2.88. The highest BCUT2D eigenvalue weighted by Gasteiger charge is 2.22. The molecule has 0 saturated carbocycles. The maximum atomic E-state index is 14.6. The highest BCUT2D eigenvalue weighted by atomic mass is 35.5. The standard InChI is InChI=1S/C22H17ClF2N4O3/c1-4-16-6-5-13(21(28-16)31-3)10-29-11-27-19(12(2)24)20(22(29)30)32-17-8-15(23)7-14(9-26)18(17)25/h4-8,11-12H,1,10H2,2-3H3. The minimum atomic E-state index is -1.69. The van der Waals surface area contributed by atoms with E-state index in [2.05, 4.69) is 16.5 Å². The minimum absolute atomic E-state index is 0.00938. The average Bonchev–Trinajstić information content (AvgIpc) is 2.78. The number of methoxy groups -OCH3 is 1. The van der Waals surface area contributed by atoms with Crippen molar-refractivity contribution in [1.29, 1.82) is 5.26 Å². The van der Waals surface area contributed by atoms with E-state index in [1.54, 1.807) is 24.3 Å². The Balaban J connectivity index is 2.10. The molecule has 32 heavy (non-hydrogen) atoms. The number of hydrogen-bond donors (Lipinski definition) is 0. The number of ether oxygens (including phenoxy) is 2. The van der Waals surface area contributed by atoms with Crippen LogP contribution in [-0.4, -0.2) is 21.6 Å². The molecule has 0 bridgehead atoms.